The van der Waals surface area contributed by atoms with E-state index in [4.69, 9.17) is 5.26 Å². The van der Waals surface area contributed by atoms with Gasteiger partial charge in [0.1, 0.15) is 5.82 Å². The van der Waals surface area contributed by atoms with E-state index >= 15 is 0 Å². The van der Waals surface area contributed by atoms with Gasteiger partial charge in [0.2, 0.25) is 0 Å². The Bertz CT molecular complexity index is 344. The average Bonchev–Trinajstić information content (AvgIpc) is 2.26. The van der Waals surface area contributed by atoms with E-state index in [1.165, 1.54) is 6.07 Å². The van der Waals surface area contributed by atoms with E-state index in [9.17, 15) is 4.39 Å². The first-order chi connectivity index (χ1) is 7.27. The Balaban J connectivity index is 2.49. The van der Waals surface area contributed by atoms with Gasteiger partial charge in [-0.15, -0.1) is 0 Å². The lowest BCUT2D eigenvalue weighted by Gasteiger charge is -2.13. The first-order valence-electron chi connectivity index (χ1n) is 5.11. The fraction of sp³-hybridized carbons (Fsp3) is 0.417. The molecular weight excluding hydrogens is 191 g/mol. The second kappa shape index (κ2) is 6.15. The molecule has 1 N–H and O–H groups in total. The number of hydrogen-bond donors (Lipinski definition) is 1. The Morgan fingerprint density at radius 1 is 1.47 bits per heavy atom. The highest BCUT2D eigenvalue weighted by molar-refractivity contribution is 5.17. The van der Waals surface area contributed by atoms with E-state index in [2.05, 4.69) is 11.4 Å². The van der Waals surface area contributed by atoms with Crippen molar-refractivity contribution < 1.29 is 4.39 Å². The van der Waals surface area contributed by atoms with Gasteiger partial charge in [-0.3, -0.25) is 0 Å². The minimum atomic E-state index is -0.197. The fourth-order valence-electron chi connectivity index (χ4n) is 1.37. The van der Waals surface area contributed by atoms with E-state index in [-0.39, 0.29) is 11.9 Å². The lowest BCUT2D eigenvalue weighted by atomic mass is 10.1. The van der Waals surface area contributed by atoms with Gasteiger partial charge in [0.15, 0.2) is 0 Å². The van der Waals surface area contributed by atoms with Crippen molar-refractivity contribution in [2.45, 2.75) is 32.4 Å². The summed E-state index contributed by atoms with van der Waals surface area (Å²) in [6.45, 7) is 2.49. The van der Waals surface area contributed by atoms with Crippen LogP contribution < -0.4 is 5.32 Å². The molecule has 0 aliphatic heterocycles. The molecule has 1 unspecified atom stereocenters. The molecule has 15 heavy (non-hydrogen) atoms. The molecule has 0 heterocycles. The lowest BCUT2D eigenvalue weighted by molar-refractivity contribution is 0.493. The van der Waals surface area contributed by atoms with Gasteiger partial charge in [0.05, 0.1) is 12.5 Å². The first kappa shape index (κ1) is 11.7. The van der Waals surface area contributed by atoms with Crippen molar-refractivity contribution in [3.05, 3.63) is 35.6 Å². The van der Waals surface area contributed by atoms with Crippen molar-refractivity contribution in [2.75, 3.05) is 0 Å². The lowest BCUT2D eigenvalue weighted by Crippen LogP contribution is -2.27. The fourth-order valence-corrected chi connectivity index (χ4v) is 1.37. The van der Waals surface area contributed by atoms with Crippen LogP contribution in [-0.2, 0) is 6.54 Å². The molecule has 1 aromatic rings. The van der Waals surface area contributed by atoms with E-state index in [1.807, 2.05) is 13.0 Å². The molecule has 2 nitrogen and oxygen atoms in total. The van der Waals surface area contributed by atoms with Crippen LogP contribution in [0, 0.1) is 17.1 Å². The Kier molecular flexibility index (Phi) is 4.79. The molecule has 1 rings (SSSR count). The van der Waals surface area contributed by atoms with Crippen LogP contribution in [0.3, 0.4) is 0 Å². The van der Waals surface area contributed by atoms with Gasteiger partial charge in [-0.2, -0.15) is 5.26 Å². The zero-order valence-corrected chi connectivity index (χ0v) is 8.83. The number of benzene rings is 1. The van der Waals surface area contributed by atoms with Crippen LogP contribution in [0.15, 0.2) is 24.3 Å². The maximum atomic E-state index is 13.2. The molecule has 0 aliphatic carbocycles. The third kappa shape index (κ3) is 3.69. The smallest absolute Gasteiger partial charge is 0.127 e. The van der Waals surface area contributed by atoms with E-state index in [0.29, 0.717) is 18.5 Å². The average molecular weight is 206 g/mol. The highest BCUT2D eigenvalue weighted by Gasteiger charge is 2.06. The highest BCUT2D eigenvalue weighted by atomic mass is 19.1. The standard InChI is InChI=1S/C12H15FN2/c1-2-11(7-8-14)15-9-10-5-3-4-6-12(10)13/h3-6,11,15H,2,7,9H2,1H3. The van der Waals surface area contributed by atoms with Crippen molar-refractivity contribution >= 4 is 0 Å². The van der Waals surface area contributed by atoms with Crippen molar-refractivity contribution in [1.29, 1.82) is 5.26 Å². The molecule has 0 fully saturated rings. The topological polar surface area (TPSA) is 35.8 Å². The largest absolute Gasteiger partial charge is 0.309 e. The first-order valence-corrected chi connectivity index (χ1v) is 5.11. The van der Waals surface area contributed by atoms with Crippen molar-refractivity contribution in [3.63, 3.8) is 0 Å². The number of nitrogens with one attached hydrogen (secondary N) is 1. The van der Waals surface area contributed by atoms with Gasteiger partial charge in [-0.1, -0.05) is 25.1 Å². The van der Waals surface area contributed by atoms with Crippen LogP contribution in [0.25, 0.3) is 0 Å². The van der Waals surface area contributed by atoms with Crippen molar-refractivity contribution in [3.8, 4) is 6.07 Å². The molecular formula is C12H15FN2. The third-order valence-corrected chi connectivity index (χ3v) is 2.37. The molecule has 0 spiro atoms. The summed E-state index contributed by atoms with van der Waals surface area (Å²) in [5, 5.41) is 11.7. The minimum absolute atomic E-state index is 0.148. The molecule has 0 saturated carbocycles. The zero-order chi connectivity index (χ0) is 11.1. The van der Waals surface area contributed by atoms with Gasteiger partial charge in [0, 0.05) is 18.2 Å². The van der Waals surface area contributed by atoms with Gasteiger partial charge in [-0.25, -0.2) is 4.39 Å². The van der Waals surface area contributed by atoms with Crippen LogP contribution in [-0.4, -0.2) is 6.04 Å². The zero-order valence-electron chi connectivity index (χ0n) is 8.83. The quantitative estimate of drug-likeness (QED) is 0.803. The third-order valence-electron chi connectivity index (χ3n) is 2.37. The predicted molar refractivity (Wildman–Crippen MR) is 57.5 cm³/mol. The van der Waals surface area contributed by atoms with Crippen LogP contribution in [0.4, 0.5) is 4.39 Å². The summed E-state index contributed by atoms with van der Waals surface area (Å²) in [6.07, 6.45) is 1.34. The molecule has 1 aromatic carbocycles. The number of nitrogens with zero attached hydrogens (tertiary/aromatic N) is 1. The number of hydrogen-bond acceptors (Lipinski definition) is 2. The molecule has 0 radical (unpaired) electrons. The summed E-state index contributed by atoms with van der Waals surface area (Å²) < 4.78 is 13.2. The summed E-state index contributed by atoms with van der Waals surface area (Å²) in [5.74, 6) is -0.197. The molecule has 1 atom stereocenters. The van der Waals surface area contributed by atoms with Gasteiger partial charge < -0.3 is 5.32 Å². The Morgan fingerprint density at radius 3 is 2.80 bits per heavy atom. The molecule has 80 valence electrons. The SMILES string of the molecule is CCC(CC#N)NCc1ccccc1F. The predicted octanol–water partition coefficient (Wildman–Crippen LogP) is 2.61. The monoisotopic (exact) mass is 206 g/mol. The summed E-state index contributed by atoms with van der Waals surface area (Å²) >= 11 is 0. The maximum absolute atomic E-state index is 13.2. The highest BCUT2D eigenvalue weighted by Crippen LogP contribution is 2.07. The molecule has 0 bridgehead atoms. The van der Waals surface area contributed by atoms with Gasteiger partial charge in [-0.05, 0) is 12.5 Å². The summed E-state index contributed by atoms with van der Waals surface area (Å²) in [5.41, 5.74) is 0.647. The van der Waals surface area contributed by atoms with Crippen LogP contribution in [0.2, 0.25) is 0 Å². The number of nitriles is 1. The Morgan fingerprint density at radius 2 is 2.20 bits per heavy atom. The Hall–Kier alpha value is -1.40. The summed E-state index contributed by atoms with van der Waals surface area (Å²) in [4.78, 5) is 0. The van der Waals surface area contributed by atoms with E-state index in [0.717, 1.165) is 6.42 Å². The molecule has 0 aliphatic rings. The van der Waals surface area contributed by atoms with Crippen LogP contribution in [0.5, 0.6) is 0 Å². The van der Waals surface area contributed by atoms with Crippen LogP contribution >= 0.6 is 0 Å². The van der Waals surface area contributed by atoms with E-state index < -0.39 is 0 Å². The molecule has 0 aromatic heterocycles. The van der Waals surface area contributed by atoms with Crippen LogP contribution in [0.1, 0.15) is 25.3 Å². The van der Waals surface area contributed by atoms with Crippen molar-refractivity contribution in [2.24, 2.45) is 0 Å². The molecule has 3 heteroatoms. The second-order valence-electron chi connectivity index (χ2n) is 3.44. The Labute approximate surface area is 89.7 Å². The van der Waals surface area contributed by atoms with Gasteiger partial charge >= 0.3 is 0 Å². The number of halogens is 1. The maximum Gasteiger partial charge on any atom is 0.127 e. The number of rotatable bonds is 5. The molecule has 0 amide bonds. The van der Waals surface area contributed by atoms with Crippen molar-refractivity contribution in [1.82, 2.24) is 5.32 Å². The van der Waals surface area contributed by atoms with Gasteiger partial charge in [0.25, 0.3) is 0 Å². The molecule has 0 saturated heterocycles. The minimum Gasteiger partial charge on any atom is -0.309 e. The summed E-state index contributed by atoms with van der Waals surface area (Å²) in [7, 11) is 0. The second-order valence-corrected chi connectivity index (χ2v) is 3.44. The van der Waals surface area contributed by atoms with E-state index in [1.54, 1.807) is 12.1 Å². The summed E-state index contributed by atoms with van der Waals surface area (Å²) in [6, 6.07) is 8.94. The normalized spacial score (nSPS) is 12.1.